The van der Waals surface area contributed by atoms with Crippen molar-refractivity contribution in [2.75, 3.05) is 9.62 Å². The van der Waals surface area contributed by atoms with E-state index in [1.54, 1.807) is 0 Å². The van der Waals surface area contributed by atoms with E-state index in [9.17, 15) is 18.0 Å². The van der Waals surface area contributed by atoms with E-state index in [2.05, 4.69) is 10.3 Å². The van der Waals surface area contributed by atoms with Gasteiger partial charge in [0.2, 0.25) is 0 Å². The molecule has 10 heteroatoms. The first-order valence-electron chi connectivity index (χ1n) is 9.66. The quantitative estimate of drug-likeness (QED) is 0.426. The summed E-state index contributed by atoms with van der Waals surface area (Å²) in [4.78, 5) is 29.8. The van der Waals surface area contributed by atoms with Crippen LogP contribution < -0.4 is 9.62 Å². The third-order valence-corrected chi connectivity index (χ3v) is 7.79. The number of sulfonamides is 1. The maximum absolute atomic E-state index is 13.1. The number of fused-ring (bicyclic) bond motifs is 1. The van der Waals surface area contributed by atoms with Crippen LogP contribution in [-0.4, -0.2) is 25.2 Å². The van der Waals surface area contributed by atoms with Gasteiger partial charge in [-0.1, -0.05) is 41.9 Å². The van der Waals surface area contributed by atoms with Crippen molar-refractivity contribution in [3.8, 4) is 11.3 Å². The van der Waals surface area contributed by atoms with Crippen molar-refractivity contribution in [1.82, 2.24) is 4.98 Å². The highest BCUT2D eigenvalue weighted by molar-refractivity contribution is 7.94. The van der Waals surface area contributed by atoms with E-state index in [0.29, 0.717) is 14.5 Å². The molecule has 1 aromatic heterocycles. The number of aromatic nitrogens is 1. The minimum absolute atomic E-state index is 0.00196. The minimum Gasteiger partial charge on any atom is -0.298 e. The Labute approximate surface area is 198 Å². The molecule has 1 aliphatic rings. The van der Waals surface area contributed by atoms with Crippen molar-refractivity contribution in [1.29, 1.82) is 0 Å². The Kier molecular flexibility index (Phi) is 5.24. The zero-order valence-corrected chi connectivity index (χ0v) is 19.1. The van der Waals surface area contributed by atoms with Crippen molar-refractivity contribution in [2.45, 2.75) is 4.90 Å². The van der Waals surface area contributed by atoms with E-state index in [0.717, 1.165) is 11.3 Å². The molecule has 0 aliphatic carbocycles. The lowest BCUT2D eigenvalue weighted by atomic mass is 10.1. The van der Waals surface area contributed by atoms with Gasteiger partial charge in [0.15, 0.2) is 5.13 Å². The Morgan fingerprint density at radius 3 is 2.45 bits per heavy atom. The zero-order valence-electron chi connectivity index (χ0n) is 16.7. The van der Waals surface area contributed by atoms with Crippen molar-refractivity contribution in [3.05, 3.63) is 94.3 Å². The first-order chi connectivity index (χ1) is 15.8. The van der Waals surface area contributed by atoms with Gasteiger partial charge in [-0.15, -0.1) is 11.3 Å². The van der Waals surface area contributed by atoms with E-state index in [-0.39, 0.29) is 21.7 Å². The van der Waals surface area contributed by atoms with Crippen LogP contribution >= 0.6 is 22.9 Å². The monoisotopic (exact) mass is 495 g/mol. The molecule has 0 bridgehead atoms. The molecule has 4 aromatic rings. The summed E-state index contributed by atoms with van der Waals surface area (Å²) < 4.78 is 26.9. The van der Waals surface area contributed by atoms with Gasteiger partial charge in [-0.2, -0.15) is 4.31 Å². The van der Waals surface area contributed by atoms with Crippen LogP contribution in [0.1, 0.15) is 20.7 Å². The lowest BCUT2D eigenvalue weighted by Gasteiger charge is -2.14. The molecular formula is C23H14ClN3O4S2. The Bertz CT molecular complexity index is 1500. The fraction of sp³-hybridized carbons (Fsp3) is 0. The molecule has 0 unspecified atom stereocenters. The molecule has 164 valence electrons. The van der Waals surface area contributed by atoms with Gasteiger partial charge >= 0.3 is 0 Å². The topological polar surface area (TPSA) is 96.4 Å². The second kappa shape index (κ2) is 8.11. The molecule has 0 radical (unpaired) electrons. The second-order valence-corrected chi connectivity index (χ2v) is 10.2. The van der Waals surface area contributed by atoms with Crippen molar-refractivity contribution in [3.63, 3.8) is 0 Å². The summed E-state index contributed by atoms with van der Waals surface area (Å²) in [5.41, 5.74) is 1.90. The minimum atomic E-state index is -4.17. The first-order valence-corrected chi connectivity index (χ1v) is 12.4. The maximum Gasteiger partial charge on any atom is 0.273 e. The van der Waals surface area contributed by atoms with Gasteiger partial charge < -0.3 is 0 Å². The highest BCUT2D eigenvalue weighted by Gasteiger charge is 2.42. The van der Waals surface area contributed by atoms with E-state index < -0.39 is 21.8 Å². The molecule has 1 N–H and O–H groups in total. The third kappa shape index (κ3) is 3.80. The van der Waals surface area contributed by atoms with Crippen molar-refractivity contribution < 1.29 is 18.0 Å². The van der Waals surface area contributed by atoms with Gasteiger partial charge in [0.1, 0.15) is 4.90 Å². The highest BCUT2D eigenvalue weighted by Crippen LogP contribution is 2.36. The van der Waals surface area contributed by atoms with Gasteiger partial charge in [0.25, 0.3) is 21.8 Å². The number of anilines is 2. The Morgan fingerprint density at radius 1 is 1.00 bits per heavy atom. The molecule has 0 atom stereocenters. The number of amides is 2. The van der Waals surface area contributed by atoms with Crippen LogP contribution in [0.5, 0.6) is 0 Å². The summed E-state index contributed by atoms with van der Waals surface area (Å²) in [6.07, 6.45) is 0. The Balaban J connectivity index is 1.42. The number of rotatable bonds is 4. The van der Waals surface area contributed by atoms with E-state index in [4.69, 9.17) is 11.6 Å². The van der Waals surface area contributed by atoms with Gasteiger partial charge in [0.05, 0.1) is 16.9 Å². The van der Waals surface area contributed by atoms with Crippen LogP contribution in [0, 0.1) is 0 Å². The fourth-order valence-electron chi connectivity index (χ4n) is 3.45. The number of hydrogen-bond donors (Lipinski definition) is 1. The molecule has 0 spiro atoms. The first kappa shape index (κ1) is 21.3. The van der Waals surface area contributed by atoms with E-state index >= 15 is 0 Å². The van der Waals surface area contributed by atoms with E-state index in [1.807, 2.05) is 35.7 Å². The second-order valence-electron chi connectivity index (χ2n) is 7.12. The normalized spacial score (nSPS) is 14.2. The summed E-state index contributed by atoms with van der Waals surface area (Å²) in [5.74, 6) is -1.22. The molecular weight excluding hydrogens is 482 g/mol. The van der Waals surface area contributed by atoms with Crippen LogP contribution in [-0.2, 0) is 10.0 Å². The van der Waals surface area contributed by atoms with Gasteiger partial charge in [0, 0.05) is 21.5 Å². The smallest absolute Gasteiger partial charge is 0.273 e. The number of hydrogen-bond acceptors (Lipinski definition) is 6. The van der Waals surface area contributed by atoms with Crippen LogP contribution in [0.2, 0.25) is 5.02 Å². The standard InChI is InChI=1S/C23H14ClN3O4S2/c24-16-7-9-17(10-8-16)27-22(29)18-11-6-15(12-20(18)33(27,30)31)21(28)26-23-25-19(13-32-23)14-4-2-1-3-5-14/h1-13H,(H,25,26,28). The number of halogens is 1. The molecule has 0 fully saturated rings. The number of carbonyl (C=O) groups excluding carboxylic acids is 2. The summed E-state index contributed by atoms with van der Waals surface area (Å²) in [7, 11) is -4.17. The van der Waals surface area contributed by atoms with Crippen LogP contribution in [0.3, 0.4) is 0 Å². The average molecular weight is 496 g/mol. The summed E-state index contributed by atoms with van der Waals surface area (Å²) in [5, 5.41) is 5.30. The Hall–Kier alpha value is -3.53. The van der Waals surface area contributed by atoms with Gasteiger partial charge in [-0.3, -0.25) is 14.9 Å². The van der Waals surface area contributed by atoms with E-state index in [1.165, 1.54) is 53.8 Å². The van der Waals surface area contributed by atoms with Crippen molar-refractivity contribution in [2.24, 2.45) is 0 Å². The van der Waals surface area contributed by atoms with Crippen LogP contribution in [0.25, 0.3) is 11.3 Å². The molecule has 7 nitrogen and oxygen atoms in total. The third-order valence-electron chi connectivity index (χ3n) is 5.03. The predicted molar refractivity (Wildman–Crippen MR) is 127 cm³/mol. The highest BCUT2D eigenvalue weighted by atomic mass is 35.5. The Morgan fingerprint density at radius 2 is 1.73 bits per heavy atom. The SMILES string of the molecule is O=C(Nc1nc(-c2ccccc2)cs1)c1ccc2c(c1)S(=O)(=O)N(c1ccc(Cl)cc1)C2=O. The molecule has 5 rings (SSSR count). The lowest BCUT2D eigenvalue weighted by molar-refractivity contribution is 0.100. The fourth-order valence-corrected chi connectivity index (χ4v) is 5.91. The van der Waals surface area contributed by atoms with Crippen molar-refractivity contribution >= 4 is 55.6 Å². The number of nitrogens with one attached hydrogen (secondary N) is 1. The molecule has 1 aliphatic heterocycles. The average Bonchev–Trinajstić information content (AvgIpc) is 3.36. The number of nitrogens with zero attached hydrogens (tertiary/aromatic N) is 2. The maximum atomic E-state index is 13.1. The van der Waals surface area contributed by atoms with Crippen LogP contribution in [0.15, 0.2) is 83.1 Å². The van der Waals surface area contributed by atoms with Gasteiger partial charge in [-0.05, 0) is 42.5 Å². The number of carbonyl (C=O) groups is 2. The number of benzene rings is 3. The zero-order chi connectivity index (χ0) is 23.2. The largest absolute Gasteiger partial charge is 0.298 e. The number of thiazole rings is 1. The summed E-state index contributed by atoms with van der Waals surface area (Å²) in [6, 6.07) is 19.4. The molecule has 2 heterocycles. The molecule has 0 saturated heterocycles. The molecule has 3 aromatic carbocycles. The molecule has 33 heavy (non-hydrogen) atoms. The molecule has 0 saturated carbocycles. The predicted octanol–water partition coefficient (Wildman–Crippen LogP) is 5.06. The summed E-state index contributed by atoms with van der Waals surface area (Å²) >= 11 is 7.13. The van der Waals surface area contributed by atoms with Gasteiger partial charge in [-0.25, -0.2) is 13.4 Å². The van der Waals surface area contributed by atoms with Crippen LogP contribution in [0.4, 0.5) is 10.8 Å². The molecule has 2 amide bonds. The summed E-state index contributed by atoms with van der Waals surface area (Å²) in [6.45, 7) is 0. The lowest BCUT2D eigenvalue weighted by Crippen LogP contribution is -2.29.